The molecular formula is C18H22N4O2. The highest BCUT2D eigenvalue weighted by Crippen LogP contribution is 2.19. The quantitative estimate of drug-likeness (QED) is 0.678. The van der Waals surface area contributed by atoms with Gasteiger partial charge in [-0.3, -0.25) is 9.78 Å². The molecule has 24 heavy (non-hydrogen) atoms. The summed E-state index contributed by atoms with van der Waals surface area (Å²) in [5.41, 5.74) is 6.14. The summed E-state index contributed by atoms with van der Waals surface area (Å²) in [5, 5.41) is 4.06. The van der Waals surface area contributed by atoms with Gasteiger partial charge >= 0.3 is 0 Å². The SMILES string of the molecule is Cc1cc(/C=N\NC(=O)c2ccccn2)c(C)n1C[C@@H]1CCCO1. The van der Waals surface area contributed by atoms with Crippen LogP contribution >= 0.6 is 0 Å². The first-order chi connectivity index (χ1) is 11.6. The molecular weight excluding hydrogens is 304 g/mol. The lowest BCUT2D eigenvalue weighted by atomic mass is 10.2. The van der Waals surface area contributed by atoms with Crippen molar-refractivity contribution in [3.63, 3.8) is 0 Å². The second kappa shape index (κ2) is 7.40. The highest BCUT2D eigenvalue weighted by atomic mass is 16.5. The van der Waals surface area contributed by atoms with Gasteiger partial charge in [-0.25, -0.2) is 5.43 Å². The van der Waals surface area contributed by atoms with Crippen LogP contribution < -0.4 is 5.43 Å². The predicted octanol–water partition coefficient (Wildman–Crippen LogP) is 2.44. The van der Waals surface area contributed by atoms with Crippen molar-refractivity contribution < 1.29 is 9.53 Å². The van der Waals surface area contributed by atoms with Crippen LogP contribution in [0.25, 0.3) is 0 Å². The Labute approximate surface area is 141 Å². The number of nitrogens with one attached hydrogen (secondary N) is 1. The number of hydrogen-bond acceptors (Lipinski definition) is 4. The largest absolute Gasteiger partial charge is 0.376 e. The van der Waals surface area contributed by atoms with Crippen LogP contribution in [0.3, 0.4) is 0 Å². The third-order valence-corrected chi connectivity index (χ3v) is 4.29. The van der Waals surface area contributed by atoms with Crippen molar-refractivity contribution in [3.05, 3.63) is 53.1 Å². The Morgan fingerprint density at radius 1 is 1.50 bits per heavy atom. The molecule has 1 aliphatic heterocycles. The van der Waals surface area contributed by atoms with Gasteiger partial charge in [0, 0.05) is 36.3 Å². The maximum atomic E-state index is 11.9. The Kier molecular flexibility index (Phi) is 5.05. The van der Waals surface area contributed by atoms with Crippen LogP contribution in [-0.4, -0.2) is 34.4 Å². The molecule has 126 valence electrons. The molecule has 1 N–H and O–H groups in total. The Hall–Kier alpha value is -2.47. The Balaban J connectivity index is 1.65. The third kappa shape index (κ3) is 3.71. The van der Waals surface area contributed by atoms with Crippen molar-refractivity contribution in [3.8, 4) is 0 Å². The molecule has 0 unspecified atom stereocenters. The van der Waals surface area contributed by atoms with Gasteiger partial charge in [-0.05, 0) is 44.9 Å². The van der Waals surface area contributed by atoms with Gasteiger partial charge < -0.3 is 9.30 Å². The van der Waals surface area contributed by atoms with Gasteiger partial charge in [0.05, 0.1) is 12.3 Å². The van der Waals surface area contributed by atoms with Crippen molar-refractivity contribution in [2.45, 2.75) is 39.3 Å². The molecule has 1 saturated heterocycles. The van der Waals surface area contributed by atoms with E-state index in [1.54, 1.807) is 30.6 Å². The van der Waals surface area contributed by atoms with E-state index in [0.717, 1.165) is 37.3 Å². The monoisotopic (exact) mass is 326 g/mol. The van der Waals surface area contributed by atoms with E-state index in [4.69, 9.17) is 4.74 Å². The van der Waals surface area contributed by atoms with Gasteiger partial charge in [-0.2, -0.15) is 5.10 Å². The number of carbonyl (C=O) groups excluding carboxylic acids is 1. The smallest absolute Gasteiger partial charge is 0.289 e. The molecule has 3 heterocycles. The van der Waals surface area contributed by atoms with E-state index in [-0.39, 0.29) is 5.91 Å². The van der Waals surface area contributed by atoms with Gasteiger partial charge in [0.2, 0.25) is 0 Å². The number of aromatic nitrogens is 2. The highest BCUT2D eigenvalue weighted by molar-refractivity contribution is 5.93. The molecule has 1 amide bonds. The molecule has 0 aromatic carbocycles. The van der Waals surface area contributed by atoms with E-state index >= 15 is 0 Å². The molecule has 0 bridgehead atoms. The van der Waals surface area contributed by atoms with Crippen LogP contribution in [0.1, 0.15) is 40.3 Å². The van der Waals surface area contributed by atoms with Crippen LogP contribution in [0, 0.1) is 13.8 Å². The fraction of sp³-hybridized carbons (Fsp3) is 0.389. The zero-order chi connectivity index (χ0) is 16.9. The van der Waals surface area contributed by atoms with E-state index in [9.17, 15) is 4.79 Å². The number of hydrogen-bond donors (Lipinski definition) is 1. The van der Waals surface area contributed by atoms with E-state index in [2.05, 4.69) is 40.0 Å². The number of ether oxygens (including phenoxy) is 1. The minimum atomic E-state index is -0.319. The van der Waals surface area contributed by atoms with Crippen LogP contribution in [-0.2, 0) is 11.3 Å². The lowest BCUT2D eigenvalue weighted by Crippen LogP contribution is -2.19. The summed E-state index contributed by atoms with van der Waals surface area (Å²) < 4.78 is 7.97. The van der Waals surface area contributed by atoms with E-state index in [1.165, 1.54) is 5.69 Å². The average Bonchev–Trinajstić information content (AvgIpc) is 3.20. The summed E-state index contributed by atoms with van der Waals surface area (Å²) in [7, 11) is 0. The number of carbonyl (C=O) groups is 1. The van der Waals surface area contributed by atoms with Crippen LogP contribution in [0.2, 0.25) is 0 Å². The summed E-state index contributed by atoms with van der Waals surface area (Å²) in [6.07, 6.45) is 5.80. The van der Waals surface area contributed by atoms with E-state index in [1.807, 2.05) is 0 Å². The summed E-state index contributed by atoms with van der Waals surface area (Å²) in [6, 6.07) is 7.26. The van der Waals surface area contributed by atoms with E-state index in [0.29, 0.717) is 11.8 Å². The van der Waals surface area contributed by atoms with Crippen molar-refractivity contribution >= 4 is 12.1 Å². The van der Waals surface area contributed by atoms with Crippen molar-refractivity contribution in [2.75, 3.05) is 6.61 Å². The summed E-state index contributed by atoms with van der Waals surface area (Å²) in [6.45, 7) is 5.86. The first-order valence-electron chi connectivity index (χ1n) is 8.18. The van der Waals surface area contributed by atoms with Gasteiger partial charge in [-0.1, -0.05) is 6.07 Å². The zero-order valence-electron chi connectivity index (χ0n) is 14.0. The minimum Gasteiger partial charge on any atom is -0.376 e. The van der Waals surface area contributed by atoms with Gasteiger partial charge in [0.1, 0.15) is 5.69 Å². The van der Waals surface area contributed by atoms with Crippen molar-refractivity contribution in [2.24, 2.45) is 5.10 Å². The number of hydrazone groups is 1. The van der Waals surface area contributed by atoms with Gasteiger partial charge in [0.15, 0.2) is 0 Å². The standard InChI is InChI=1S/C18H22N4O2/c1-13-10-15(14(2)22(13)12-16-6-5-9-24-16)11-20-21-18(23)17-7-3-4-8-19-17/h3-4,7-8,10-11,16H,5-6,9,12H2,1-2H3,(H,21,23)/b20-11-/t16-/m0/s1. The Bertz CT molecular complexity index is 731. The number of rotatable bonds is 5. The minimum absolute atomic E-state index is 0.295. The van der Waals surface area contributed by atoms with Crippen LogP contribution in [0.15, 0.2) is 35.6 Å². The first-order valence-corrected chi connectivity index (χ1v) is 8.18. The average molecular weight is 326 g/mol. The molecule has 1 aliphatic rings. The molecule has 3 rings (SSSR count). The van der Waals surface area contributed by atoms with Gasteiger partial charge in [-0.15, -0.1) is 0 Å². The van der Waals surface area contributed by atoms with Crippen molar-refractivity contribution in [1.82, 2.24) is 15.0 Å². The molecule has 1 fully saturated rings. The fourth-order valence-electron chi connectivity index (χ4n) is 2.95. The number of aryl methyl sites for hydroxylation is 1. The highest BCUT2D eigenvalue weighted by Gasteiger charge is 2.18. The molecule has 2 aromatic heterocycles. The lowest BCUT2D eigenvalue weighted by Gasteiger charge is -2.14. The maximum Gasteiger partial charge on any atom is 0.289 e. The van der Waals surface area contributed by atoms with Crippen LogP contribution in [0.4, 0.5) is 0 Å². The van der Waals surface area contributed by atoms with Gasteiger partial charge in [0.25, 0.3) is 5.91 Å². The Morgan fingerprint density at radius 2 is 2.38 bits per heavy atom. The summed E-state index contributed by atoms with van der Waals surface area (Å²) in [4.78, 5) is 15.9. The van der Waals surface area contributed by atoms with E-state index < -0.39 is 0 Å². The first kappa shape index (κ1) is 16.4. The summed E-state index contributed by atoms with van der Waals surface area (Å²) in [5.74, 6) is -0.319. The molecule has 0 aliphatic carbocycles. The molecule has 0 saturated carbocycles. The molecule has 0 radical (unpaired) electrons. The maximum absolute atomic E-state index is 11.9. The van der Waals surface area contributed by atoms with Crippen LogP contribution in [0.5, 0.6) is 0 Å². The number of nitrogens with zero attached hydrogens (tertiary/aromatic N) is 3. The molecule has 2 aromatic rings. The lowest BCUT2D eigenvalue weighted by molar-refractivity contribution is 0.0949. The zero-order valence-corrected chi connectivity index (χ0v) is 14.0. The second-order valence-electron chi connectivity index (χ2n) is 5.99. The molecule has 6 nitrogen and oxygen atoms in total. The molecule has 1 atom stereocenters. The third-order valence-electron chi connectivity index (χ3n) is 4.29. The molecule has 6 heteroatoms. The fourth-order valence-corrected chi connectivity index (χ4v) is 2.95. The second-order valence-corrected chi connectivity index (χ2v) is 5.99. The summed E-state index contributed by atoms with van der Waals surface area (Å²) >= 11 is 0. The Morgan fingerprint density at radius 3 is 3.08 bits per heavy atom. The topological polar surface area (TPSA) is 68.5 Å². The van der Waals surface area contributed by atoms with Crippen molar-refractivity contribution in [1.29, 1.82) is 0 Å². The number of pyridine rings is 1. The number of amides is 1. The predicted molar refractivity (Wildman–Crippen MR) is 92.2 cm³/mol. The normalized spacial score (nSPS) is 17.5. The molecule has 0 spiro atoms.